The van der Waals surface area contributed by atoms with Crippen LogP contribution in [0.5, 0.6) is 0 Å². The highest BCUT2D eigenvalue weighted by atomic mass is 32.2. The largest absolute Gasteiger partial charge is 0.341 e. The predicted octanol–water partition coefficient (Wildman–Crippen LogP) is 1.91. The van der Waals surface area contributed by atoms with Crippen molar-refractivity contribution in [1.29, 1.82) is 0 Å². The topological polar surface area (TPSA) is 32.3 Å². The van der Waals surface area contributed by atoms with Crippen LogP contribution in [0.15, 0.2) is 24.3 Å². The van der Waals surface area contributed by atoms with E-state index in [1.54, 1.807) is 11.8 Å². The minimum absolute atomic E-state index is 0.223. The average molecular weight is 278 g/mol. The van der Waals surface area contributed by atoms with Crippen LogP contribution in [0.3, 0.4) is 0 Å². The Morgan fingerprint density at radius 1 is 1.42 bits per heavy atom. The number of amides is 1. The van der Waals surface area contributed by atoms with E-state index in [1.165, 1.54) is 11.1 Å². The number of benzene rings is 1. The fourth-order valence-corrected chi connectivity index (χ4v) is 3.10. The van der Waals surface area contributed by atoms with Crippen molar-refractivity contribution in [2.24, 2.45) is 5.92 Å². The molecule has 0 aromatic heterocycles. The lowest BCUT2D eigenvalue weighted by molar-refractivity contribution is -0.127. The van der Waals surface area contributed by atoms with Crippen LogP contribution in [0, 0.1) is 12.8 Å². The van der Waals surface area contributed by atoms with E-state index in [2.05, 4.69) is 24.4 Å². The molecule has 104 valence electrons. The van der Waals surface area contributed by atoms with Gasteiger partial charge in [-0.3, -0.25) is 4.79 Å². The number of carbonyl (C=O) groups excluding carboxylic acids is 1. The molecule has 1 aliphatic rings. The molecule has 1 fully saturated rings. The SMILES string of the molecule is Cc1ccccc1CN(C)C(=O)CSCC1CNC1. The zero-order valence-electron chi connectivity index (χ0n) is 11.7. The molecule has 1 aromatic carbocycles. The van der Waals surface area contributed by atoms with Gasteiger partial charge in [0.2, 0.25) is 5.91 Å². The van der Waals surface area contributed by atoms with Crippen LogP contribution < -0.4 is 5.32 Å². The van der Waals surface area contributed by atoms with Crippen molar-refractivity contribution in [1.82, 2.24) is 10.2 Å². The molecule has 2 rings (SSSR count). The Morgan fingerprint density at radius 2 is 2.16 bits per heavy atom. The first-order valence-corrected chi connectivity index (χ1v) is 7.89. The maximum atomic E-state index is 12.0. The molecule has 0 atom stereocenters. The van der Waals surface area contributed by atoms with Gasteiger partial charge in [-0.05, 0) is 42.8 Å². The summed E-state index contributed by atoms with van der Waals surface area (Å²) in [6, 6.07) is 8.24. The molecule has 1 saturated heterocycles. The van der Waals surface area contributed by atoms with Crippen LogP contribution >= 0.6 is 11.8 Å². The van der Waals surface area contributed by atoms with Gasteiger partial charge in [-0.25, -0.2) is 0 Å². The summed E-state index contributed by atoms with van der Waals surface area (Å²) in [4.78, 5) is 13.9. The van der Waals surface area contributed by atoms with Crippen LogP contribution in [-0.2, 0) is 11.3 Å². The van der Waals surface area contributed by atoms with Crippen LogP contribution in [0.4, 0.5) is 0 Å². The molecule has 1 aromatic rings. The summed E-state index contributed by atoms with van der Waals surface area (Å²) >= 11 is 1.76. The number of nitrogens with zero attached hydrogens (tertiary/aromatic N) is 1. The number of nitrogens with one attached hydrogen (secondary N) is 1. The first-order valence-electron chi connectivity index (χ1n) is 6.73. The van der Waals surface area contributed by atoms with Gasteiger partial charge >= 0.3 is 0 Å². The number of hydrogen-bond acceptors (Lipinski definition) is 3. The highest BCUT2D eigenvalue weighted by Crippen LogP contribution is 2.14. The quantitative estimate of drug-likeness (QED) is 0.862. The zero-order chi connectivity index (χ0) is 13.7. The smallest absolute Gasteiger partial charge is 0.232 e. The number of rotatable bonds is 6. The summed E-state index contributed by atoms with van der Waals surface area (Å²) in [6.07, 6.45) is 0. The molecule has 0 aliphatic carbocycles. The van der Waals surface area contributed by atoms with Crippen molar-refractivity contribution in [2.45, 2.75) is 13.5 Å². The first kappa shape index (κ1) is 14.4. The van der Waals surface area contributed by atoms with Crippen molar-refractivity contribution < 1.29 is 4.79 Å². The Kier molecular flexibility index (Phi) is 5.28. The lowest BCUT2D eigenvalue weighted by Gasteiger charge is -2.26. The summed E-state index contributed by atoms with van der Waals surface area (Å²) in [5.41, 5.74) is 2.47. The average Bonchev–Trinajstić information content (AvgIpc) is 2.34. The third kappa shape index (κ3) is 4.25. The van der Waals surface area contributed by atoms with Crippen LogP contribution in [0.1, 0.15) is 11.1 Å². The Labute approximate surface area is 119 Å². The molecule has 19 heavy (non-hydrogen) atoms. The van der Waals surface area contributed by atoms with Gasteiger partial charge in [-0.2, -0.15) is 11.8 Å². The maximum Gasteiger partial charge on any atom is 0.232 e. The summed E-state index contributed by atoms with van der Waals surface area (Å²) in [7, 11) is 1.89. The lowest BCUT2D eigenvalue weighted by atomic mass is 10.1. The van der Waals surface area contributed by atoms with Crippen molar-refractivity contribution in [3.63, 3.8) is 0 Å². The predicted molar refractivity (Wildman–Crippen MR) is 81.3 cm³/mol. The lowest BCUT2D eigenvalue weighted by Crippen LogP contribution is -2.43. The standard InChI is InChI=1S/C15H22N2OS/c1-12-5-3-4-6-14(12)9-17(2)15(18)11-19-10-13-7-16-8-13/h3-6,13,16H,7-11H2,1-2H3. The molecule has 1 amide bonds. The van der Waals surface area contributed by atoms with E-state index in [9.17, 15) is 4.79 Å². The molecule has 1 heterocycles. The van der Waals surface area contributed by atoms with E-state index in [0.717, 1.165) is 24.8 Å². The van der Waals surface area contributed by atoms with Crippen molar-refractivity contribution in [2.75, 3.05) is 31.6 Å². The molecule has 0 radical (unpaired) electrons. The normalized spacial score (nSPS) is 15.1. The fraction of sp³-hybridized carbons (Fsp3) is 0.533. The van der Waals surface area contributed by atoms with Crippen LogP contribution in [0.2, 0.25) is 0 Å². The molecule has 0 spiro atoms. The van der Waals surface area contributed by atoms with Gasteiger partial charge in [-0.15, -0.1) is 0 Å². The molecule has 0 bridgehead atoms. The van der Waals surface area contributed by atoms with Gasteiger partial charge in [0, 0.05) is 13.6 Å². The molecule has 3 nitrogen and oxygen atoms in total. The Hall–Kier alpha value is -1.000. The van der Waals surface area contributed by atoms with E-state index in [-0.39, 0.29) is 5.91 Å². The van der Waals surface area contributed by atoms with Crippen LogP contribution in [-0.4, -0.2) is 42.4 Å². The molecule has 1 N–H and O–H groups in total. The van der Waals surface area contributed by atoms with Gasteiger partial charge in [0.25, 0.3) is 0 Å². The second-order valence-electron chi connectivity index (χ2n) is 5.22. The minimum atomic E-state index is 0.223. The summed E-state index contributed by atoms with van der Waals surface area (Å²) < 4.78 is 0. The second kappa shape index (κ2) is 6.96. The maximum absolute atomic E-state index is 12.0. The third-order valence-corrected chi connectivity index (χ3v) is 4.70. The molecule has 1 aliphatic heterocycles. The molecule has 0 saturated carbocycles. The van der Waals surface area contributed by atoms with Gasteiger partial charge in [0.1, 0.15) is 0 Å². The summed E-state index contributed by atoms with van der Waals surface area (Å²) in [5, 5.41) is 3.25. The Balaban J connectivity index is 1.73. The van der Waals surface area contributed by atoms with E-state index < -0.39 is 0 Å². The van der Waals surface area contributed by atoms with E-state index in [0.29, 0.717) is 12.3 Å². The van der Waals surface area contributed by atoms with Crippen molar-refractivity contribution in [3.8, 4) is 0 Å². The van der Waals surface area contributed by atoms with Gasteiger partial charge < -0.3 is 10.2 Å². The third-order valence-electron chi connectivity index (χ3n) is 3.54. The Bertz CT molecular complexity index is 432. The molecule has 0 unspecified atom stereocenters. The number of thioether (sulfide) groups is 1. The van der Waals surface area contributed by atoms with E-state index >= 15 is 0 Å². The first-order chi connectivity index (χ1) is 9.16. The highest BCUT2D eigenvalue weighted by molar-refractivity contribution is 7.99. The van der Waals surface area contributed by atoms with Crippen molar-refractivity contribution >= 4 is 17.7 Å². The molecule has 4 heteroatoms. The zero-order valence-corrected chi connectivity index (χ0v) is 12.5. The van der Waals surface area contributed by atoms with Gasteiger partial charge in [0.15, 0.2) is 0 Å². The molecular formula is C15H22N2OS. The van der Waals surface area contributed by atoms with Crippen LogP contribution in [0.25, 0.3) is 0 Å². The monoisotopic (exact) mass is 278 g/mol. The number of aryl methyl sites for hydroxylation is 1. The van der Waals surface area contributed by atoms with Gasteiger partial charge in [-0.1, -0.05) is 24.3 Å². The fourth-order valence-electron chi connectivity index (χ4n) is 2.02. The minimum Gasteiger partial charge on any atom is -0.341 e. The summed E-state index contributed by atoms with van der Waals surface area (Å²) in [6.45, 7) is 5.02. The second-order valence-corrected chi connectivity index (χ2v) is 6.25. The van der Waals surface area contributed by atoms with Crippen molar-refractivity contribution in [3.05, 3.63) is 35.4 Å². The van der Waals surface area contributed by atoms with Gasteiger partial charge in [0.05, 0.1) is 5.75 Å². The number of hydrogen-bond donors (Lipinski definition) is 1. The molecular weight excluding hydrogens is 256 g/mol. The summed E-state index contributed by atoms with van der Waals surface area (Å²) in [5.74, 6) is 2.68. The van der Waals surface area contributed by atoms with E-state index in [4.69, 9.17) is 0 Å². The van der Waals surface area contributed by atoms with E-state index in [1.807, 2.05) is 24.1 Å². The Morgan fingerprint density at radius 3 is 2.79 bits per heavy atom. The number of carbonyl (C=O) groups is 1. The highest BCUT2D eigenvalue weighted by Gasteiger charge is 2.17.